The van der Waals surface area contributed by atoms with Gasteiger partial charge in [0.05, 0.1) is 11.0 Å². The van der Waals surface area contributed by atoms with Crippen molar-refractivity contribution in [1.82, 2.24) is 4.57 Å². The van der Waals surface area contributed by atoms with Crippen molar-refractivity contribution in [2.24, 2.45) is 0 Å². The van der Waals surface area contributed by atoms with E-state index in [9.17, 15) is 0 Å². The monoisotopic (exact) mass is 460 g/mol. The predicted molar refractivity (Wildman–Crippen MR) is 153 cm³/mol. The highest BCUT2D eigenvalue weighted by Crippen LogP contribution is 2.35. The van der Waals surface area contributed by atoms with Gasteiger partial charge in [-0.3, -0.25) is 0 Å². The van der Waals surface area contributed by atoms with Crippen molar-refractivity contribution < 1.29 is 0 Å². The Morgan fingerprint density at radius 2 is 1.11 bits per heavy atom. The number of fused-ring (bicyclic) bond motifs is 3. The van der Waals surface area contributed by atoms with Crippen molar-refractivity contribution in [2.75, 3.05) is 11.9 Å². The van der Waals surface area contributed by atoms with Gasteiger partial charge in [0.15, 0.2) is 0 Å². The van der Waals surface area contributed by atoms with Gasteiger partial charge >= 0.3 is 0 Å². The van der Waals surface area contributed by atoms with Gasteiger partial charge in [-0.2, -0.15) is 0 Å². The van der Waals surface area contributed by atoms with E-state index in [-0.39, 0.29) is 0 Å². The second-order valence-electron chi connectivity index (χ2n) is 9.66. The van der Waals surface area contributed by atoms with Crippen molar-refractivity contribution in [2.45, 2.75) is 52.4 Å². The molecular formula is C33H36N2. The van der Waals surface area contributed by atoms with E-state index >= 15 is 0 Å². The third-order valence-electron chi connectivity index (χ3n) is 7.17. The molecule has 0 unspecified atom stereocenters. The van der Waals surface area contributed by atoms with Gasteiger partial charge in [-0.05, 0) is 97.5 Å². The van der Waals surface area contributed by atoms with Gasteiger partial charge in [0, 0.05) is 34.9 Å². The molecule has 0 fully saturated rings. The van der Waals surface area contributed by atoms with Crippen LogP contribution in [0.2, 0.25) is 0 Å². The summed E-state index contributed by atoms with van der Waals surface area (Å²) >= 11 is 0. The molecule has 0 atom stereocenters. The Hall–Kier alpha value is -3.52. The quantitative estimate of drug-likeness (QED) is 0.213. The molecule has 0 aliphatic rings. The Kier molecular flexibility index (Phi) is 6.90. The zero-order valence-electron chi connectivity index (χ0n) is 21.3. The SMILES string of the molecule is CCCCc1ccc2c(c1)c1cc(CCCC)ccc1n2-c1ccc(N(C)c2ccccc2)cc1. The van der Waals surface area contributed by atoms with E-state index in [1.165, 1.54) is 75.7 Å². The molecule has 5 aromatic rings. The number of benzene rings is 4. The Morgan fingerprint density at radius 3 is 1.63 bits per heavy atom. The minimum Gasteiger partial charge on any atom is -0.345 e. The van der Waals surface area contributed by atoms with Crippen LogP contribution in [-0.2, 0) is 12.8 Å². The van der Waals surface area contributed by atoms with E-state index in [4.69, 9.17) is 0 Å². The molecule has 178 valence electrons. The van der Waals surface area contributed by atoms with Crippen LogP contribution in [0, 0.1) is 0 Å². The fourth-order valence-corrected chi connectivity index (χ4v) is 5.09. The average Bonchev–Trinajstić information content (AvgIpc) is 3.24. The van der Waals surface area contributed by atoms with Crippen LogP contribution >= 0.6 is 0 Å². The third kappa shape index (κ3) is 4.71. The van der Waals surface area contributed by atoms with Crippen LogP contribution in [0.4, 0.5) is 11.4 Å². The number of rotatable bonds is 9. The van der Waals surface area contributed by atoms with Gasteiger partial charge in [0.25, 0.3) is 0 Å². The molecule has 2 nitrogen and oxygen atoms in total. The maximum atomic E-state index is 2.44. The van der Waals surface area contributed by atoms with Crippen LogP contribution in [0.25, 0.3) is 27.5 Å². The minimum absolute atomic E-state index is 1.15. The summed E-state index contributed by atoms with van der Waals surface area (Å²) in [5, 5.41) is 2.75. The van der Waals surface area contributed by atoms with E-state index in [1.807, 2.05) is 0 Å². The van der Waals surface area contributed by atoms with Crippen molar-refractivity contribution in [3.8, 4) is 5.69 Å². The molecule has 5 rings (SSSR count). The fraction of sp³-hybridized carbons (Fsp3) is 0.273. The number of aryl methyl sites for hydroxylation is 2. The van der Waals surface area contributed by atoms with Crippen molar-refractivity contribution in [1.29, 1.82) is 0 Å². The highest BCUT2D eigenvalue weighted by molar-refractivity contribution is 6.09. The van der Waals surface area contributed by atoms with Crippen molar-refractivity contribution in [3.05, 3.63) is 102 Å². The highest BCUT2D eigenvalue weighted by Gasteiger charge is 2.14. The predicted octanol–water partition coefficient (Wildman–Crippen LogP) is 9.24. The topological polar surface area (TPSA) is 8.17 Å². The molecule has 0 radical (unpaired) electrons. The van der Waals surface area contributed by atoms with Crippen LogP contribution in [-0.4, -0.2) is 11.6 Å². The zero-order chi connectivity index (χ0) is 24.2. The van der Waals surface area contributed by atoms with E-state index in [0.717, 1.165) is 12.8 Å². The lowest BCUT2D eigenvalue weighted by atomic mass is 10.0. The summed E-state index contributed by atoms with van der Waals surface area (Å²) in [5.41, 5.74) is 9.04. The normalized spacial score (nSPS) is 11.4. The molecule has 0 N–H and O–H groups in total. The Morgan fingerprint density at radius 1 is 0.600 bits per heavy atom. The van der Waals surface area contributed by atoms with Gasteiger partial charge < -0.3 is 9.47 Å². The summed E-state index contributed by atoms with van der Waals surface area (Å²) in [6.07, 6.45) is 7.23. The van der Waals surface area contributed by atoms with Gasteiger partial charge in [-0.1, -0.05) is 57.0 Å². The summed E-state index contributed by atoms with van der Waals surface area (Å²) in [6.45, 7) is 4.53. The molecule has 0 aliphatic heterocycles. The first-order chi connectivity index (χ1) is 17.2. The summed E-state index contributed by atoms with van der Waals surface area (Å²) in [7, 11) is 2.13. The van der Waals surface area contributed by atoms with E-state index in [0.29, 0.717) is 0 Å². The first-order valence-corrected chi connectivity index (χ1v) is 13.1. The maximum Gasteiger partial charge on any atom is 0.0541 e. The lowest BCUT2D eigenvalue weighted by Crippen LogP contribution is -2.09. The number of unbranched alkanes of at least 4 members (excludes halogenated alkanes) is 2. The molecule has 0 bridgehead atoms. The van der Waals surface area contributed by atoms with Gasteiger partial charge in [0.2, 0.25) is 0 Å². The van der Waals surface area contributed by atoms with E-state index < -0.39 is 0 Å². The summed E-state index contributed by atoms with van der Waals surface area (Å²) in [5.74, 6) is 0. The molecule has 4 aromatic carbocycles. The lowest BCUT2D eigenvalue weighted by molar-refractivity contribution is 0.795. The van der Waals surface area contributed by atoms with Crippen molar-refractivity contribution >= 4 is 33.2 Å². The largest absolute Gasteiger partial charge is 0.345 e. The molecule has 1 aromatic heterocycles. The minimum atomic E-state index is 1.15. The smallest absolute Gasteiger partial charge is 0.0541 e. The first-order valence-electron chi connectivity index (χ1n) is 13.1. The van der Waals surface area contributed by atoms with Crippen LogP contribution in [0.3, 0.4) is 0 Å². The first kappa shape index (κ1) is 23.2. The van der Waals surface area contributed by atoms with Crippen molar-refractivity contribution in [3.63, 3.8) is 0 Å². The second kappa shape index (κ2) is 10.4. The maximum absolute atomic E-state index is 2.44. The van der Waals surface area contributed by atoms with E-state index in [1.54, 1.807) is 0 Å². The number of nitrogens with zero attached hydrogens (tertiary/aromatic N) is 2. The van der Waals surface area contributed by atoms with Crippen LogP contribution < -0.4 is 4.90 Å². The number of anilines is 2. The van der Waals surface area contributed by atoms with Crippen LogP contribution in [0.15, 0.2) is 91.0 Å². The molecule has 1 heterocycles. The molecule has 35 heavy (non-hydrogen) atoms. The molecular weight excluding hydrogens is 424 g/mol. The Bertz CT molecular complexity index is 1350. The number of hydrogen-bond acceptors (Lipinski definition) is 1. The molecule has 0 spiro atoms. The number of para-hydroxylation sites is 1. The summed E-state index contributed by atoms with van der Waals surface area (Å²) in [6, 6.07) is 33.7. The molecule has 0 aliphatic carbocycles. The number of hydrogen-bond donors (Lipinski definition) is 0. The van der Waals surface area contributed by atoms with Crippen LogP contribution in [0.1, 0.15) is 50.7 Å². The molecule has 2 heteroatoms. The lowest BCUT2D eigenvalue weighted by Gasteiger charge is -2.20. The zero-order valence-corrected chi connectivity index (χ0v) is 21.3. The van der Waals surface area contributed by atoms with Gasteiger partial charge in [-0.25, -0.2) is 0 Å². The molecule has 0 amide bonds. The van der Waals surface area contributed by atoms with Gasteiger partial charge in [0.1, 0.15) is 0 Å². The standard InChI is InChI=1S/C33H36N2/c1-4-6-11-25-15-21-32-30(23-25)31-24-26(12-7-5-2)16-22-33(31)35(32)29-19-17-28(18-20-29)34(3)27-13-9-8-10-14-27/h8-10,13-24H,4-7,11-12H2,1-3H3. The second-order valence-corrected chi connectivity index (χ2v) is 9.66. The van der Waals surface area contributed by atoms with Gasteiger partial charge in [-0.15, -0.1) is 0 Å². The summed E-state index contributed by atoms with van der Waals surface area (Å²) < 4.78 is 2.43. The molecule has 0 saturated heterocycles. The summed E-state index contributed by atoms with van der Waals surface area (Å²) in [4.78, 5) is 2.23. The number of aromatic nitrogens is 1. The Balaban J connectivity index is 1.60. The molecule has 0 saturated carbocycles. The van der Waals surface area contributed by atoms with E-state index in [2.05, 4.69) is 121 Å². The average molecular weight is 461 g/mol. The fourth-order valence-electron chi connectivity index (χ4n) is 5.09. The Labute approximate surface area is 209 Å². The third-order valence-corrected chi connectivity index (χ3v) is 7.17. The van der Waals surface area contributed by atoms with Crippen LogP contribution in [0.5, 0.6) is 0 Å². The highest BCUT2D eigenvalue weighted by atomic mass is 15.1.